The van der Waals surface area contributed by atoms with Crippen molar-refractivity contribution >= 4 is 28.4 Å². The van der Waals surface area contributed by atoms with Crippen LogP contribution in [0.2, 0.25) is 0 Å². The van der Waals surface area contributed by atoms with E-state index < -0.39 is 20.5 Å². The molecule has 4 rings (SSSR count). The maximum Gasteiger partial charge on any atom is 0.279 e. The van der Waals surface area contributed by atoms with Crippen LogP contribution in [0.3, 0.4) is 0 Å². The minimum absolute atomic E-state index is 0.0560. The maximum absolute atomic E-state index is 12.9. The zero-order valence-electron chi connectivity index (χ0n) is 17.3. The molecular weight excluding hydrogens is 448 g/mol. The molecule has 0 unspecified atom stereocenters. The van der Waals surface area contributed by atoms with Gasteiger partial charge in [-0.25, -0.2) is 18.2 Å². The van der Waals surface area contributed by atoms with Crippen molar-refractivity contribution in [2.45, 2.75) is 11.8 Å². The van der Waals surface area contributed by atoms with Crippen molar-refractivity contribution < 1.29 is 17.8 Å². The highest BCUT2D eigenvalue weighted by Crippen LogP contribution is 2.29. The second-order valence-corrected chi connectivity index (χ2v) is 8.85. The van der Waals surface area contributed by atoms with Crippen LogP contribution in [0.1, 0.15) is 11.3 Å². The first-order valence-electron chi connectivity index (χ1n) is 9.55. The fourth-order valence-electron chi connectivity index (χ4n) is 3.32. The number of hydrogen-bond donors (Lipinski definition) is 2. The summed E-state index contributed by atoms with van der Waals surface area (Å²) in [5.41, 5.74) is 1.28. The molecule has 0 saturated carbocycles. The number of hydrogen-bond acceptors (Lipinski definition) is 6. The van der Waals surface area contributed by atoms with Gasteiger partial charge < -0.3 is 4.42 Å². The van der Waals surface area contributed by atoms with E-state index in [-0.39, 0.29) is 15.8 Å². The molecular formula is C22H18N4O6S. The van der Waals surface area contributed by atoms with Crippen LogP contribution in [-0.2, 0) is 10.0 Å². The standard InChI is InChI=1S/C22H18N4O6S/c1-13-3-4-16(26(28)29)11-19(13)21-10-7-17(32-21)12-20-14(2)24-25(22(20)27)15-5-8-18(9-6-15)33(23,30)31/h3-12,24H,2H2,1H3,(H2,23,30,31)/b20-12-. The summed E-state index contributed by atoms with van der Waals surface area (Å²) in [5, 5.41) is 19.6. The van der Waals surface area contributed by atoms with E-state index in [1.807, 2.05) is 6.92 Å². The van der Waals surface area contributed by atoms with Crippen LogP contribution >= 0.6 is 0 Å². The van der Waals surface area contributed by atoms with Crippen LogP contribution in [0.5, 0.6) is 0 Å². The van der Waals surface area contributed by atoms with E-state index in [2.05, 4.69) is 11.7 Å². The number of primary sulfonamides is 1. The summed E-state index contributed by atoms with van der Waals surface area (Å²) in [6.07, 6.45) is 1.51. The minimum Gasteiger partial charge on any atom is -0.457 e. The number of nitro benzene ring substituents is 1. The average Bonchev–Trinajstić information content (AvgIpc) is 3.33. The van der Waals surface area contributed by atoms with Gasteiger partial charge in [-0.05, 0) is 55.0 Å². The Balaban J connectivity index is 1.74. The summed E-state index contributed by atoms with van der Waals surface area (Å²) < 4.78 is 29.9. The first-order valence-corrected chi connectivity index (χ1v) is 11.1. The van der Waals surface area contributed by atoms with Gasteiger partial charge in [0.15, 0.2) is 0 Å². The molecule has 0 saturated heterocycles. The fourth-order valence-corrected chi connectivity index (χ4v) is 3.83. The predicted octanol–water partition coefficient (Wildman–Crippen LogP) is 1.53. The summed E-state index contributed by atoms with van der Waals surface area (Å²) in [5.74, 6) is 0.774. The van der Waals surface area contributed by atoms with Gasteiger partial charge in [0.2, 0.25) is 10.0 Å². The second kappa shape index (κ2) is 8.04. The maximum atomic E-state index is 12.9. The Morgan fingerprint density at radius 2 is 1.85 bits per heavy atom. The summed E-state index contributed by atoms with van der Waals surface area (Å²) >= 11 is 0. The topological polar surface area (TPSA) is 154 Å². The third kappa shape index (κ3) is 4.27. The number of H-pyrrole nitrogens is 1. The van der Waals surface area contributed by atoms with E-state index >= 15 is 0 Å². The number of nitro groups is 1. The lowest BCUT2D eigenvalue weighted by Gasteiger charge is -2.02. The Morgan fingerprint density at radius 3 is 2.48 bits per heavy atom. The number of rotatable bonds is 5. The molecule has 0 fully saturated rings. The van der Waals surface area contributed by atoms with Crippen molar-refractivity contribution in [3.63, 3.8) is 0 Å². The molecule has 10 nitrogen and oxygen atoms in total. The predicted molar refractivity (Wildman–Crippen MR) is 122 cm³/mol. The number of aromatic nitrogens is 2. The Hall–Kier alpha value is -4.22. The molecule has 0 bridgehead atoms. The SMILES string of the molecule is C=c1[nH]n(-c2ccc(S(N)(=O)=O)cc2)c(=O)/c1=C\c1ccc(-c2cc([N+](=O)[O-])ccc2C)o1. The average molecular weight is 466 g/mol. The Bertz CT molecular complexity index is 1660. The number of aromatic amines is 1. The molecule has 0 aliphatic carbocycles. The Kier molecular flexibility index (Phi) is 5.36. The highest BCUT2D eigenvalue weighted by Gasteiger charge is 2.14. The quantitative estimate of drug-likeness (QED) is 0.336. The zero-order valence-corrected chi connectivity index (χ0v) is 18.1. The summed E-state index contributed by atoms with van der Waals surface area (Å²) in [6, 6.07) is 13.3. The van der Waals surface area contributed by atoms with E-state index in [0.29, 0.717) is 28.1 Å². The van der Waals surface area contributed by atoms with Crippen molar-refractivity contribution in [1.82, 2.24) is 9.78 Å². The molecule has 11 heteroatoms. The molecule has 0 aliphatic rings. The number of non-ortho nitro benzene ring substituents is 1. The van der Waals surface area contributed by atoms with Crippen LogP contribution in [0, 0.1) is 17.0 Å². The molecule has 3 N–H and O–H groups in total. The van der Waals surface area contributed by atoms with E-state index in [0.717, 1.165) is 5.56 Å². The molecule has 0 amide bonds. The third-order valence-corrected chi connectivity index (χ3v) is 5.97. The molecule has 2 heterocycles. The van der Waals surface area contributed by atoms with Gasteiger partial charge in [0.05, 0.1) is 26.1 Å². The number of nitrogens with zero attached hydrogens (tertiary/aromatic N) is 2. The van der Waals surface area contributed by atoms with Crippen molar-refractivity contribution in [2.24, 2.45) is 5.14 Å². The van der Waals surface area contributed by atoms with E-state index in [1.165, 1.54) is 47.2 Å². The van der Waals surface area contributed by atoms with Crippen LogP contribution in [0.25, 0.3) is 29.7 Å². The molecule has 33 heavy (non-hydrogen) atoms. The van der Waals surface area contributed by atoms with E-state index in [1.54, 1.807) is 18.2 Å². The zero-order chi connectivity index (χ0) is 23.9. The monoisotopic (exact) mass is 466 g/mol. The molecule has 4 aromatic rings. The van der Waals surface area contributed by atoms with Crippen molar-refractivity contribution in [2.75, 3.05) is 0 Å². The Labute approximate surface area is 187 Å². The lowest BCUT2D eigenvalue weighted by atomic mass is 10.1. The highest BCUT2D eigenvalue weighted by atomic mass is 32.2. The number of nitrogens with two attached hydrogens (primary N) is 1. The van der Waals surface area contributed by atoms with E-state index in [9.17, 15) is 23.3 Å². The molecule has 168 valence electrons. The van der Waals surface area contributed by atoms with Gasteiger partial charge in [0.25, 0.3) is 11.2 Å². The van der Waals surface area contributed by atoms with Gasteiger partial charge in [-0.15, -0.1) is 0 Å². The molecule has 2 aromatic carbocycles. The van der Waals surface area contributed by atoms with Crippen molar-refractivity contribution in [1.29, 1.82) is 0 Å². The normalized spacial score (nSPS) is 12.2. The minimum atomic E-state index is -3.85. The van der Waals surface area contributed by atoms with Gasteiger partial charge in [0, 0.05) is 17.7 Å². The lowest BCUT2D eigenvalue weighted by Crippen LogP contribution is -2.33. The largest absolute Gasteiger partial charge is 0.457 e. The number of furan rings is 1. The summed E-state index contributed by atoms with van der Waals surface area (Å²) in [7, 11) is -3.85. The third-order valence-electron chi connectivity index (χ3n) is 5.04. The lowest BCUT2D eigenvalue weighted by molar-refractivity contribution is -0.384. The van der Waals surface area contributed by atoms with Crippen molar-refractivity contribution in [3.05, 3.63) is 97.0 Å². The molecule has 0 radical (unpaired) electrons. The van der Waals surface area contributed by atoms with Crippen LogP contribution < -0.4 is 21.3 Å². The van der Waals surface area contributed by atoms with Gasteiger partial charge in [-0.2, -0.15) is 0 Å². The van der Waals surface area contributed by atoms with E-state index in [4.69, 9.17) is 9.56 Å². The molecule has 0 spiro atoms. The number of sulfonamides is 1. The first kappa shape index (κ1) is 22.0. The van der Waals surface area contributed by atoms with Crippen LogP contribution in [0.4, 0.5) is 5.69 Å². The van der Waals surface area contributed by atoms with Gasteiger partial charge >= 0.3 is 0 Å². The highest BCUT2D eigenvalue weighted by molar-refractivity contribution is 7.89. The van der Waals surface area contributed by atoms with Gasteiger partial charge in [-0.1, -0.05) is 12.6 Å². The van der Waals surface area contributed by atoms with Gasteiger partial charge in [-0.3, -0.25) is 20.0 Å². The summed E-state index contributed by atoms with van der Waals surface area (Å²) in [6.45, 7) is 5.66. The molecule has 0 aliphatic heterocycles. The molecule has 2 aromatic heterocycles. The fraction of sp³-hybridized carbons (Fsp3) is 0.0455. The van der Waals surface area contributed by atoms with Crippen molar-refractivity contribution in [3.8, 4) is 17.0 Å². The molecule has 0 atom stereocenters. The van der Waals surface area contributed by atoms with Crippen LogP contribution in [0.15, 0.2) is 68.7 Å². The smallest absolute Gasteiger partial charge is 0.279 e. The number of nitrogens with one attached hydrogen (secondary N) is 1. The summed E-state index contributed by atoms with van der Waals surface area (Å²) in [4.78, 5) is 23.5. The first-order chi connectivity index (χ1) is 15.5. The second-order valence-electron chi connectivity index (χ2n) is 7.29. The number of aryl methyl sites for hydroxylation is 1. The number of benzene rings is 2. The Morgan fingerprint density at radius 1 is 1.15 bits per heavy atom. The van der Waals surface area contributed by atoms with Crippen LogP contribution in [-0.4, -0.2) is 23.1 Å². The van der Waals surface area contributed by atoms with Gasteiger partial charge in [0.1, 0.15) is 11.5 Å².